The van der Waals surface area contributed by atoms with Gasteiger partial charge in [0.05, 0.1) is 23.7 Å². The number of carbonyl (C=O) groups excluding carboxylic acids is 1. The first-order valence-electron chi connectivity index (χ1n) is 6.61. The van der Waals surface area contributed by atoms with Gasteiger partial charge in [-0.25, -0.2) is 0 Å². The van der Waals surface area contributed by atoms with E-state index in [4.69, 9.17) is 5.26 Å². The number of benzene rings is 1. The predicted molar refractivity (Wildman–Crippen MR) is 74.7 cm³/mol. The standard InChI is InChI=1S/C15H16N4O/c1-11-7-9-19(15(20)13(18-11)6-8-16)14-5-3-2-4-12(14)10-17/h2-5,11,13,18H,6-7,9H2,1H3. The van der Waals surface area contributed by atoms with Gasteiger partial charge in [-0.2, -0.15) is 10.5 Å². The van der Waals surface area contributed by atoms with Gasteiger partial charge in [0.1, 0.15) is 12.1 Å². The summed E-state index contributed by atoms with van der Waals surface area (Å²) in [5.74, 6) is -0.140. The van der Waals surface area contributed by atoms with E-state index in [0.29, 0.717) is 17.8 Å². The van der Waals surface area contributed by atoms with E-state index in [1.807, 2.05) is 19.1 Å². The highest BCUT2D eigenvalue weighted by molar-refractivity contribution is 5.98. The third kappa shape index (κ3) is 2.79. The van der Waals surface area contributed by atoms with E-state index >= 15 is 0 Å². The van der Waals surface area contributed by atoms with Crippen molar-refractivity contribution in [1.29, 1.82) is 10.5 Å². The van der Waals surface area contributed by atoms with Gasteiger partial charge in [-0.3, -0.25) is 4.79 Å². The number of hydrogen-bond donors (Lipinski definition) is 1. The fourth-order valence-electron chi connectivity index (χ4n) is 2.40. The number of nitrogens with one attached hydrogen (secondary N) is 1. The van der Waals surface area contributed by atoms with Crippen molar-refractivity contribution in [1.82, 2.24) is 5.32 Å². The summed E-state index contributed by atoms with van der Waals surface area (Å²) in [4.78, 5) is 14.2. The average molecular weight is 268 g/mol. The molecular formula is C15H16N4O. The molecule has 1 saturated heterocycles. The summed E-state index contributed by atoms with van der Waals surface area (Å²) >= 11 is 0. The fourth-order valence-corrected chi connectivity index (χ4v) is 2.40. The van der Waals surface area contributed by atoms with E-state index in [9.17, 15) is 10.1 Å². The molecule has 1 aromatic rings. The van der Waals surface area contributed by atoms with E-state index in [0.717, 1.165) is 6.42 Å². The Labute approximate surface area is 118 Å². The summed E-state index contributed by atoms with van der Waals surface area (Å²) in [5.41, 5.74) is 1.10. The van der Waals surface area contributed by atoms with Crippen molar-refractivity contribution in [3.8, 4) is 12.1 Å². The number of para-hydroxylation sites is 1. The first-order valence-corrected chi connectivity index (χ1v) is 6.61. The monoisotopic (exact) mass is 268 g/mol. The molecule has 0 saturated carbocycles. The van der Waals surface area contributed by atoms with Crippen LogP contribution in [0.5, 0.6) is 0 Å². The molecule has 2 unspecified atom stereocenters. The van der Waals surface area contributed by atoms with Gasteiger partial charge in [0.15, 0.2) is 0 Å². The molecule has 1 heterocycles. The highest BCUT2D eigenvalue weighted by Gasteiger charge is 2.30. The lowest BCUT2D eigenvalue weighted by Crippen LogP contribution is -2.45. The smallest absolute Gasteiger partial charge is 0.245 e. The van der Waals surface area contributed by atoms with Gasteiger partial charge in [0.2, 0.25) is 5.91 Å². The molecule has 1 amide bonds. The average Bonchev–Trinajstić information content (AvgIpc) is 2.59. The lowest BCUT2D eigenvalue weighted by Gasteiger charge is -2.24. The Bertz CT molecular complexity index is 584. The number of amides is 1. The molecule has 0 spiro atoms. The number of carbonyl (C=O) groups is 1. The van der Waals surface area contributed by atoms with Crippen LogP contribution in [-0.2, 0) is 4.79 Å². The number of nitriles is 2. The van der Waals surface area contributed by atoms with Crippen LogP contribution in [0.2, 0.25) is 0 Å². The second-order valence-electron chi connectivity index (χ2n) is 4.89. The minimum atomic E-state index is -0.510. The van der Waals surface area contributed by atoms with Crippen molar-refractivity contribution in [3.63, 3.8) is 0 Å². The molecular weight excluding hydrogens is 252 g/mol. The molecule has 0 radical (unpaired) electrons. The molecule has 0 aliphatic carbocycles. The Morgan fingerprint density at radius 2 is 2.15 bits per heavy atom. The maximum absolute atomic E-state index is 12.6. The van der Waals surface area contributed by atoms with E-state index < -0.39 is 6.04 Å². The summed E-state index contributed by atoms with van der Waals surface area (Å²) in [7, 11) is 0. The summed E-state index contributed by atoms with van der Waals surface area (Å²) < 4.78 is 0. The Morgan fingerprint density at radius 1 is 1.40 bits per heavy atom. The van der Waals surface area contributed by atoms with Crippen LogP contribution in [0.1, 0.15) is 25.3 Å². The number of anilines is 1. The molecule has 1 aliphatic heterocycles. The molecule has 1 aromatic carbocycles. The maximum atomic E-state index is 12.6. The van der Waals surface area contributed by atoms with Crippen molar-refractivity contribution in [2.75, 3.05) is 11.4 Å². The van der Waals surface area contributed by atoms with E-state index in [1.54, 1.807) is 23.1 Å². The van der Waals surface area contributed by atoms with Crippen LogP contribution in [0, 0.1) is 22.7 Å². The van der Waals surface area contributed by atoms with Crippen LogP contribution in [-0.4, -0.2) is 24.5 Å². The SMILES string of the molecule is CC1CCN(c2ccccc2C#N)C(=O)C(CC#N)N1. The molecule has 20 heavy (non-hydrogen) atoms. The van der Waals surface area contributed by atoms with Gasteiger partial charge in [0, 0.05) is 12.6 Å². The van der Waals surface area contributed by atoms with Crippen molar-refractivity contribution < 1.29 is 4.79 Å². The third-order valence-electron chi connectivity index (χ3n) is 3.45. The molecule has 0 bridgehead atoms. The Kier molecular flexibility index (Phi) is 4.34. The summed E-state index contributed by atoms with van der Waals surface area (Å²) in [6.45, 7) is 2.55. The van der Waals surface area contributed by atoms with Gasteiger partial charge in [0.25, 0.3) is 0 Å². The second-order valence-corrected chi connectivity index (χ2v) is 4.89. The predicted octanol–water partition coefficient (Wildman–Crippen LogP) is 1.56. The van der Waals surface area contributed by atoms with Crippen LogP contribution < -0.4 is 10.2 Å². The molecule has 2 rings (SSSR count). The van der Waals surface area contributed by atoms with Crippen molar-refractivity contribution in [3.05, 3.63) is 29.8 Å². The van der Waals surface area contributed by atoms with Crippen LogP contribution in [0.15, 0.2) is 24.3 Å². The van der Waals surface area contributed by atoms with Crippen molar-refractivity contribution in [2.45, 2.75) is 31.8 Å². The number of rotatable bonds is 2. The second kappa shape index (κ2) is 6.18. The topological polar surface area (TPSA) is 79.9 Å². The summed E-state index contributed by atoms with van der Waals surface area (Å²) in [6.07, 6.45) is 0.918. The summed E-state index contributed by atoms with van der Waals surface area (Å²) in [6, 6.07) is 10.9. The van der Waals surface area contributed by atoms with Gasteiger partial charge in [-0.05, 0) is 25.5 Å². The molecule has 102 valence electrons. The molecule has 1 N–H and O–H groups in total. The van der Waals surface area contributed by atoms with Crippen LogP contribution in [0.4, 0.5) is 5.69 Å². The zero-order chi connectivity index (χ0) is 14.5. The first-order chi connectivity index (χ1) is 9.67. The first kappa shape index (κ1) is 14.0. The van der Waals surface area contributed by atoms with Gasteiger partial charge in [-0.1, -0.05) is 12.1 Å². The Morgan fingerprint density at radius 3 is 2.85 bits per heavy atom. The molecule has 0 aromatic heterocycles. The van der Waals surface area contributed by atoms with Crippen molar-refractivity contribution in [2.24, 2.45) is 0 Å². The molecule has 1 fully saturated rings. The van der Waals surface area contributed by atoms with Gasteiger partial charge < -0.3 is 10.2 Å². The van der Waals surface area contributed by atoms with Crippen LogP contribution in [0.3, 0.4) is 0 Å². The molecule has 5 nitrogen and oxygen atoms in total. The minimum Gasteiger partial charge on any atom is -0.310 e. The normalized spacial score (nSPS) is 22.8. The van der Waals surface area contributed by atoms with E-state index in [2.05, 4.69) is 11.4 Å². The zero-order valence-electron chi connectivity index (χ0n) is 11.3. The van der Waals surface area contributed by atoms with E-state index in [1.165, 1.54) is 0 Å². The highest BCUT2D eigenvalue weighted by atomic mass is 16.2. The highest BCUT2D eigenvalue weighted by Crippen LogP contribution is 2.23. The molecule has 2 atom stereocenters. The third-order valence-corrected chi connectivity index (χ3v) is 3.45. The molecule has 5 heteroatoms. The van der Waals surface area contributed by atoms with Crippen LogP contribution >= 0.6 is 0 Å². The quantitative estimate of drug-likeness (QED) is 0.882. The van der Waals surface area contributed by atoms with Crippen LogP contribution in [0.25, 0.3) is 0 Å². The Balaban J connectivity index is 2.37. The summed E-state index contributed by atoms with van der Waals surface area (Å²) in [5, 5.41) is 21.2. The van der Waals surface area contributed by atoms with Gasteiger partial charge in [-0.15, -0.1) is 0 Å². The lowest BCUT2D eigenvalue weighted by atomic mass is 10.1. The fraction of sp³-hybridized carbons (Fsp3) is 0.400. The maximum Gasteiger partial charge on any atom is 0.245 e. The Hall–Kier alpha value is -2.37. The van der Waals surface area contributed by atoms with Gasteiger partial charge >= 0.3 is 0 Å². The molecule has 1 aliphatic rings. The van der Waals surface area contributed by atoms with E-state index in [-0.39, 0.29) is 18.4 Å². The zero-order valence-corrected chi connectivity index (χ0v) is 11.3. The lowest BCUT2D eigenvalue weighted by molar-refractivity contribution is -0.120. The number of nitrogens with zero attached hydrogens (tertiary/aromatic N) is 3. The minimum absolute atomic E-state index is 0.133. The van der Waals surface area contributed by atoms with Crippen molar-refractivity contribution >= 4 is 11.6 Å². The largest absolute Gasteiger partial charge is 0.310 e. The number of hydrogen-bond acceptors (Lipinski definition) is 4.